The number of nitrogens with two attached hydrogens (primary N) is 1. The van der Waals surface area contributed by atoms with Crippen molar-refractivity contribution in [3.63, 3.8) is 0 Å². The van der Waals surface area contributed by atoms with E-state index in [0.29, 0.717) is 47.5 Å². The first kappa shape index (κ1) is 29.0. The summed E-state index contributed by atoms with van der Waals surface area (Å²) in [7, 11) is 1.61. The molecule has 226 valence electrons. The number of carbonyl (C=O) groups is 1. The summed E-state index contributed by atoms with van der Waals surface area (Å²) in [6, 6.07) is 14.7. The molecule has 3 heterocycles. The van der Waals surface area contributed by atoms with Crippen molar-refractivity contribution in [3.8, 4) is 17.5 Å². The van der Waals surface area contributed by atoms with Gasteiger partial charge in [0.15, 0.2) is 11.2 Å². The maximum atomic E-state index is 13.8. The molecular weight excluding hydrogens is 572 g/mol. The first-order valence-corrected chi connectivity index (χ1v) is 14.9. The van der Waals surface area contributed by atoms with Crippen molar-refractivity contribution in [1.29, 1.82) is 0 Å². The Labute approximate surface area is 254 Å². The van der Waals surface area contributed by atoms with Gasteiger partial charge >= 0.3 is 12.0 Å². The predicted molar refractivity (Wildman–Crippen MR) is 163 cm³/mol. The molecule has 6 rings (SSSR count). The van der Waals surface area contributed by atoms with Gasteiger partial charge in [0.25, 0.3) is 5.56 Å². The van der Waals surface area contributed by atoms with Crippen LogP contribution in [0.1, 0.15) is 38.7 Å². The number of ether oxygens (including phenoxy) is 3. The molecule has 1 saturated carbocycles. The van der Waals surface area contributed by atoms with Crippen molar-refractivity contribution in [3.05, 3.63) is 69.5 Å². The summed E-state index contributed by atoms with van der Waals surface area (Å²) >= 11 is 6.51. The van der Waals surface area contributed by atoms with Crippen LogP contribution in [0.4, 0.5) is 5.95 Å². The maximum Gasteiger partial charge on any atom is 0.313 e. The summed E-state index contributed by atoms with van der Waals surface area (Å²) in [5, 5.41) is 0.604. The Morgan fingerprint density at radius 2 is 1.93 bits per heavy atom. The van der Waals surface area contributed by atoms with E-state index in [4.69, 9.17) is 36.5 Å². The van der Waals surface area contributed by atoms with Crippen LogP contribution in [0.3, 0.4) is 0 Å². The van der Waals surface area contributed by atoms with Crippen molar-refractivity contribution in [2.75, 3.05) is 18.0 Å². The summed E-state index contributed by atoms with van der Waals surface area (Å²) in [6.07, 6.45) is 2.05. The number of piperidine rings is 1. The van der Waals surface area contributed by atoms with Gasteiger partial charge in [-0.1, -0.05) is 35.9 Å². The van der Waals surface area contributed by atoms with Gasteiger partial charge in [0.2, 0.25) is 5.95 Å². The van der Waals surface area contributed by atoms with Crippen LogP contribution in [0.15, 0.2) is 53.3 Å². The Balaban J connectivity index is 1.30. The van der Waals surface area contributed by atoms with Gasteiger partial charge in [0.05, 0.1) is 18.6 Å². The molecule has 0 spiro atoms. The second-order valence-corrected chi connectivity index (χ2v) is 11.8. The number of imidazole rings is 1. The smallest absolute Gasteiger partial charge is 0.313 e. The molecule has 2 aromatic carbocycles. The van der Waals surface area contributed by atoms with Crippen LogP contribution < -0.4 is 25.7 Å². The summed E-state index contributed by atoms with van der Waals surface area (Å²) in [4.78, 5) is 37.6. The molecule has 43 heavy (non-hydrogen) atoms. The lowest BCUT2D eigenvalue weighted by Gasteiger charge is -2.31. The van der Waals surface area contributed by atoms with E-state index in [2.05, 4.69) is 9.88 Å². The monoisotopic (exact) mass is 606 g/mol. The molecule has 2 aromatic heterocycles. The SMILES string of the molecule is CC(C)OC(=O)C1CC1Oc1cccc(Oc2nc3nc(N4CCC[C@@H](N)C4)n(Cc4ccccc4Cl)c3c(=O)n2C)c1. The number of benzene rings is 2. The zero-order chi connectivity index (χ0) is 30.2. The Hall–Kier alpha value is -4.09. The van der Waals surface area contributed by atoms with Crippen LogP contribution in [0, 0.1) is 5.92 Å². The quantitative estimate of drug-likeness (QED) is 0.278. The number of aromatic nitrogens is 4. The molecule has 2 N–H and O–H groups in total. The fraction of sp³-hybridized carbons (Fsp3) is 0.419. The van der Waals surface area contributed by atoms with Gasteiger partial charge in [-0.15, -0.1) is 0 Å². The van der Waals surface area contributed by atoms with Crippen LogP contribution in [0.25, 0.3) is 11.2 Å². The van der Waals surface area contributed by atoms with Crippen LogP contribution in [0.2, 0.25) is 5.02 Å². The zero-order valence-corrected chi connectivity index (χ0v) is 25.2. The molecule has 1 aliphatic heterocycles. The standard InChI is InChI=1S/C31H35ClN6O5/c1-18(2)41-29(40)23-15-25(23)42-21-10-6-11-22(14-21)43-31-35-27-26(28(39)36(31)3)38(16-19-8-4-5-12-24(19)32)30(34-27)37-13-7-9-20(33)17-37/h4-6,8,10-12,14,18,20,23,25H,7,9,13,15-17,33H2,1-3H3/t20-,23?,25?/m1/s1. The number of hydrogen-bond donors (Lipinski definition) is 1. The molecule has 1 saturated heterocycles. The van der Waals surface area contributed by atoms with E-state index in [1.54, 1.807) is 31.3 Å². The fourth-order valence-corrected chi connectivity index (χ4v) is 5.56. The molecule has 3 atom stereocenters. The minimum absolute atomic E-state index is 0.0123. The van der Waals surface area contributed by atoms with Crippen LogP contribution in [-0.4, -0.2) is 56.4 Å². The lowest BCUT2D eigenvalue weighted by atomic mass is 10.1. The van der Waals surface area contributed by atoms with E-state index in [1.807, 2.05) is 42.7 Å². The molecule has 11 nitrogen and oxygen atoms in total. The number of hydrogen-bond acceptors (Lipinski definition) is 9. The third-order valence-electron chi connectivity index (χ3n) is 7.64. The van der Waals surface area contributed by atoms with E-state index in [1.165, 1.54) is 4.57 Å². The number of rotatable bonds is 9. The molecule has 0 radical (unpaired) electrons. The highest BCUT2D eigenvalue weighted by atomic mass is 35.5. The van der Waals surface area contributed by atoms with E-state index < -0.39 is 0 Å². The second kappa shape index (κ2) is 11.9. The highest BCUT2D eigenvalue weighted by Gasteiger charge is 2.47. The molecule has 2 unspecified atom stereocenters. The normalized spacial score (nSPS) is 20.0. The molecule has 12 heteroatoms. The topological polar surface area (TPSA) is 127 Å². The largest absolute Gasteiger partial charge is 0.489 e. The number of esters is 1. The average Bonchev–Trinajstić information content (AvgIpc) is 3.64. The van der Waals surface area contributed by atoms with Gasteiger partial charge in [-0.2, -0.15) is 9.97 Å². The Bertz CT molecular complexity index is 1720. The third kappa shape index (κ3) is 6.18. The fourth-order valence-electron chi connectivity index (χ4n) is 5.36. The van der Waals surface area contributed by atoms with Crippen molar-refractivity contribution in [2.45, 2.75) is 57.9 Å². The van der Waals surface area contributed by atoms with Gasteiger partial charge in [0.1, 0.15) is 17.6 Å². The Kier molecular flexibility index (Phi) is 8.02. The third-order valence-corrected chi connectivity index (χ3v) is 8.01. The minimum atomic E-state index is -0.302. The maximum absolute atomic E-state index is 13.8. The van der Waals surface area contributed by atoms with Crippen molar-refractivity contribution >= 4 is 34.7 Å². The highest BCUT2D eigenvalue weighted by Crippen LogP contribution is 2.37. The Morgan fingerprint density at radius 1 is 1.14 bits per heavy atom. The van der Waals surface area contributed by atoms with E-state index in [9.17, 15) is 9.59 Å². The van der Waals surface area contributed by atoms with E-state index in [0.717, 1.165) is 24.9 Å². The van der Waals surface area contributed by atoms with Gasteiger partial charge in [-0.3, -0.25) is 18.7 Å². The number of nitrogens with zero attached hydrogens (tertiary/aromatic N) is 5. The molecule has 0 bridgehead atoms. The first-order valence-electron chi connectivity index (χ1n) is 14.5. The molecule has 2 fully saturated rings. The minimum Gasteiger partial charge on any atom is -0.489 e. The molecule has 1 aliphatic carbocycles. The number of halogens is 1. The van der Waals surface area contributed by atoms with Crippen LogP contribution in [-0.2, 0) is 23.1 Å². The summed E-state index contributed by atoms with van der Waals surface area (Å²) in [6.45, 7) is 5.39. The van der Waals surface area contributed by atoms with E-state index in [-0.39, 0.29) is 47.4 Å². The zero-order valence-electron chi connectivity index (χ0n) is 24.4. The van der Waals surface area contributed by atoms with Crippen molar-refractivity contribution < 1.29 is 19.0 Å². The summed E-state index contributed by atoms with van der Waals surface area (Å²) < 4.78 is 20.6. The lowest BCUT2D eigenvalue weighted by molar-refractivity contribution is -0.149. The van der Waals surface area contributed by atoms with Gasteiger partial charge in [-0.25, -0.2) is 0 Å². The Morgan fingerprint density at radius 3 is 2.70 bits per heavy atom. The summed E-state index contributed by atoms with van der Waals surface area (Å²) in [5.41, 5.74) is 7.49. The number of fused-ring (bicyclic) bond motifs is 1. The highest BCUT2D eigenvalue weighted by molar-refractivity contribution is 6.31. The van der Waals surface area contributed by atoms with E-state index >= 15 is 0 Å². The van der Waals surface area contributed by atoms with Crippen LogP contribution >= 0.6 is 11.6 Å². The molecule has 4 aromatic rings. The average molecular weight is 607 g/mol. The molecule has 2 aliphatic rings. The van der Waals surface area contributed by atoms with Gasteiger partial charge < -0.3 is 24.8 Å². The molecule has 0 amide bonds. The van der Waals surface area contributed by atoms with Gasteiger partial charge in [-0.05, 0) is 50.5 Å². The predicted octanol–water partition coefficient (Wildman–Crippen LogP) is 4.27. The van der Waals surface area contributed by atoms with Crippen molar-refractivity contribution in [1.82, 2.24) is 19.1 Å². The van der Waals surface area contributed by atoms with Crippen molar-refractivity contribution in [2.24, 2.45) is 18.7 Å². The lowest BCUT2D eigenvalue weighted by Crippen LogP contribution is -2.44. The molecular formula is C31H35ClN6O5. The van der Waals surface area contributed by atoms with Gasteiger partial charge in [0, 0.05) is 43.7 Å². The summed E-state index contributed by atoms with van der Waals surface area (Å²) in [5.74, 6) is 1.07. The first-order chi connectivity index (χ1) is 20.7. The number of anilines is 1. The van der Waals surface area contributed by atoms with Crippen LogP contribution in [0.5, 0.6) is 17.5 Å². The second-order valence-electron chi connectivity index (χ2n) is 11.4. The number of carbonyl (C=O) groups excluding carboxylic acids is 1.